The molecule has 0 bridgehead atoms. The molecule has 2 rings (SSSR count). The van der Waals surface area contributed by atoms with Crippen LogP contribution in [0.25, 0.3) is 0 Å². The number of carbonyl (C=O) groups is 1. The van der Waals surface area contributed by atoms with E-state index >= 15 is 0 Å². The maximum atomic E-state index is 11.1. The molecule has 84 valence electrons. The first-order chi connectivity index (χ1) is 7.68. The van der Waals surface area contributed by atoms with E-state index in [1.165, 1.54) is 4.90 Å². The van der Waals surface area contributed by atoms with Crippen LogP contribution < -0.4 is 0 Å². The largest absolute Gasteiger partial charge is 0.465 e. The Morgan fingerprint density at radius 3 is 2.69 bits per heavy atom. The lowest BCUT2D eigenvalue weighted by molar-refractivity contribution is 0.116. The van der Waals surface area contributed by atoms with Gasteiger partial charge in [0.25, 0.3) is 0 Å². The van der Waals surface area contributed by atoms with E-state index in [1.807, 2.05) is 30.3 Å². The van der Waals surface area contributed by atoms with Gasteiger partial charge in [-0.1, -0.05) is 42.5 Å². The quantitative estimate of drug-likeness (QED) is 0.734. The summed E-state index contributed by atoms with van der Waals surface area (Å²) in [5, 5.41) is 9.15. The van der Waals surface area contributed by atoms with Gasteiger partial charge in [0.2, 0.25) is 0 Å². The van der Waals surface area contributed by atoms with Crippen molar-refractivity contribution in [2.45, 2.75) is 18.9 Å². The molecule has 1 saturated heterocycles. The predicted octanol–water partition coefficient (Wildman–Crippen LogP) is 3.06. The third kappa shape index (κ3) is 2.08. The summed E-state index contributed by atoms with van der Waals surface area (Å²) < 4.78 is 0. The fourth-order valence-corrected chi connectivity index (χ4v) is 2.12. The molecule has 1 aromatic rings. The van der Waals surface area contributed by atoms with Crippen molar-refractivity contribution in [3.63, 3.8) is 0 Å². The van der Waals surface area contributed by atoms with Crippen molar-refractivity contribution >= 4 is 6.09 Å². The number of benzene rings is 1. The lowest BCUT2D eigenvalue weighted by atomic mass is 9.93. The summed E-state index contributed by atoms with van der Waals surface area (Å²) in [6.45, 7) is 4.51. The average molecular weight is 217 g/mol. The van der Waals surface area contributed by atoms with Gasteiger partial charge in [0, 0.05) is 6.54 Å². The third-order valence-electron chi connectivity index (χ3n) is 2.99. The second-order valence-corrected chi connectivity index (χ2v) is 4.11. The highest BCUT2D eigenvalue weighted by molar-refractivity contribution is 5.66. The number of rotatable bonds is 1. The van der Waals surface area contributed by atoms with Crippen molar-refractivity contribution in [3.8, 4) is 0 Å². The highest BCUT2D eigenvalue weighted by Gasteiger charge is 2.28. The average Bonchev–Trinajstić information content (AvgIpc) is 2.29. The summed E-state index contributed by atoms with van der Waals surface area (Å²) in [7, 11) is 0. The molecule has 0 aromatic heterocycles. The topological polar surface area (TPSA) is 40.5 Å². The fourth-order valence-electron chi connectivity index (χ4n) is 2.12. The summed E-state index contributed by atoms with van der Waals surface area (Å²) >= 11 is 0. The second-order valence-electron chi connectivity index (χ2n) is 4.11. The minimum absolute atomic E-state index is 0.0695. The molecule has 1 aliphatic rings. The highest BCUT2D eigenvalue weighted by atomic mass is 16.4. The molecule has 3 nitrogen and oxygen atoms in total. The number of amides is 1. The molecule has 0 saturated carbocycles. The first kappa shape index (κ1) is 10.7. The van der Waals surface area contributed by atoms with E-state index in [2.05, 4.69) is 6.58 Å². The Labute approximate surface area is 95.0 Å². The number of carboxylic acid groups (broad SMARTS) is 1. The van der Waals surface area contributed by atoms with Gasteiger partial charge in [0.1, 0.15) is 0 Å². The van der Waals surface area contributed by atoms with E-state index in [0.29, 0.717) is 6.54 Å². The molecule has 1 amide bonds. The summed E-state index contributed by atoms with van der Waals surface area (Å²) in [6.07, 6.45) is 0.660. The molecule has 1 heterocycles. The van der Waals surface area contributed by atoms with Crippen LogP contribution in [-0.4, -0.2) is 22.6 Å². The Kier molecular flexibility index (Phi) is 2.95. The molecule has 0 aliphatic carbocycles. The fraction of sp³-hybridized carbons (Fsp3) is 0.308. The van der Waals surface area contributed by atoms with Crippen LogP contribution in [0, 0.1) is 0 Å². The predicted molar refractivity (Wildman–Crippen MR) is 62.3 cm³/mol. The zero-order valence-electron chi connectivity index (χ0n) is 9.10. The molecule has 1 fully saturated rings. The van der Waals surface area contributed by atoms with E-state index in [0.717, 1.165) is 24.0 Å². The van der Waals surface area contributed by atoms with Crippen LogP contribution in [0.15, 0.2) is 42.5 Å². The van der Waals surface area contributed by atoms with Crippen molar-refractivity contribution in [2.75, 3.05) is 6.54 Å². The summed E-state index contributed by atoms with van der Waals surface area (Å²) in [4.78, 5) is 12.6. The molecule has 3 heteroatoms. The molecular formula is C13H15NO2. The summed E-state index contributed by atoms with van der Waals surface area (Å²) in [5.74, 6) is 0. The van der Waals surface area contributed by atoms with Gasteiger partial charge in [-0.25, -0.2) is 4.79 Å². The van der Waals surface area contributed by atoms with E-state index in [-0.39, 0.29) is 6.04 Å². The van der Waals surface area contributed by atoms with E-state index in [1.54, 1.807) is 0 Å². The van der Waals surface area contributed by atoms with Gasteiger partial charge in [0.05, 0.1) is 6.04 Å². The van der Waals surface area contributed by atoms with Crippen LogP contribution in [0.5, 0.6) is 0 Å². The Morgan fingerprint density at radius 2 is 2.06 bits per heavy atom. The van der Waals surface area contributed by atoms with Crippen molar-refractivity contribution in [1.82, 2.24) is 4.90 Å². The maximum absolute atomic E-state index is 11.1. The van der Waals surface area contributed by atoms with Crippen molar-refractivity contribution < 1.29 is 9.90 Å². The van der Waals surface area contributed by atoms with Crippen LogP contribution in [-0.2, 0) is 0 Å². The van der Waals surface area contributed by atoms with Gasteiger partial charge >= 0.3 is 6.09 Å². The number of hydrogen-bond donors (Lipinski definition) is 1. The molecule has 0 spiro atoms. The second kappa shape index (κ2) is 4.39. The van der Waals surface area contributed by atoms with Gasteiger partial charge in [-0.05, 0) is 18.4 Å². The maximum Gasteiger partial charge on any atom is 0.407 e. The zero-order valence-corrected chi connectivity index (χ0v) is 9.10. The van der Waals surface area contributed by atoms with Crippen molar-refractivity contribution in [2.24, 2.45) is 0 Å². The minimum Gasteiger partial charge on any atom is -0.465 e. The molecule has 1 unspecified atom stereocenters. The number of likely N-dealkylation sites (tertiary alicyclic amines) is 1. The Bertz CT molecular complexity index is 400. The molecule has 1 aromatic carbocycles. The number of piperidine rings is 1. The Morgan fingerprint density at radius 1 is 1.38 bits per heavy atom. The van der Waals surface area contributed by atoms with Crippen molar-refractivity contribution in [1.29, 1.82) is 0 Å². The van der Waals surface area contributed by atoms with Gasteiger partial charge in [0.15, 0.2) is 0 Å². The summed E-state index contributed by atoms with van der Waals surface area (Å²) in [6, 6.07) is 9.68. The zero-order chi connectivity index (χ0) is 11.5. The Hall–Kier alpha value is -1.77. The minimum atomic E-state index is -0.846. The molecule has 0 radical (unpaired) electrons. The Balaban J connectivity index is 2.27. The van der Waals surface area contributed by atoms with Gasteiger partial charge < -0.3 is 10.0 Å². The lowest BCUT2D eigenvalue weighted by Crippen LogP contribution is -2.38. The molecule has 1 N–H and O–H groups in total. The monoisotopic (exact) mass is 217 g/mol. The van der Waals surface area contributed by atoms with Gasteiger partial charge in [-0.2, -0.15) is 0 Å². The van der Waals surface area contributed by atoms with Gasteiger partial charge in [-0.3, -0.25) is 0 Å². The van der Waals surface area contributed by atoms with Crippen LogP contribution in [0.3, 0.4) is 0 Å². The first-order valence-corrected chi connectivity index (χ1v) is 5.39. The van der Waals surface area contributed by atoms with E-state index < -0.39 is 6.09 Å². The standard InChI is InChI=1S/C13H15NO2/c1-10-7-8-14(13(15)16)12(9-10)11-5-3-2-4-6-11/h2-6,12H,1,7-9H2,(H,15,16). The third-order valence-corrected chi connectivity index (χ3v) is 2.99. The molecule has 16 heavy (non-hydrogen) atoms. The summed E-state index contributed by atoms with van der Waals surface area (Å²) in [5.41, 5.74) is 2.18. The number of nitrogens with zero attached hydrogens (tertiary/aromatic N) is 1. The van der Waals surface area contributed by atoms with E-state index in [9.17, 15) is 4.79 Å². The van der Waals surface area contributed by atoms with Crippen LogP contribution in [0.2, 0.25) is 0 Å². The molecular weight excluding hydrogens is 202 g/mol. The SMILES string of the molecule is C=C1CCN(C(=O)O)C(c2ccccc2)C1. The molecule has 1 atom stereocenters. The van der Waals surface area contributed by atoms with Crippen LogP contribution in [0.4, 0.5) is 4.79 Å². The van der Waals surface area contributed by atoms with Crippen LogP contribution in [0.1, 0.15) is 24.4 Å². The van der Waals surface area contributed by atoms with Crippen molar-refractivity contribution in [3.05, 3.63) is 48.0 Å². The first-order valence-electron chi connectivity index (χ1n) is 5.39. The van der Waals surface area contributed by atoms with Crippen LogP contribution >= 0.6 is 0 Å². The lowest BCUT2D eigenvalue weighted by Gasteiger charge is -2.34. The van der Waals surface area contributed by atoms with Gasteiger partial charge in [-0.15, -0.1) is 0 Å². The van der Waals surface area contributed by atoms with E-state index in [4.69, 9.17) is 5.11 Å². The molecule has 1 aliphatic heterocycles. The highest BCUT2D eigenvalue weighted by Crippen LogP contribution is 2.32. The smallest absolute Gasteiger partial charge is 0.407 e. The number of hydrogen-bond acceptors (Lipinski definition) is 1. The normalized spacial score (nSPS) is 20.9.